The van der Waals surface area contributed by atoms with Crippen LogP contribution in [0.15, 0.2) is 60.7 Å². The summed E-state index contributed by atoms with van der Waals surface area (Å²) >= 11 is 0. The van der Waals surface area contributed by atoms with Crippen LogP contribution < -0.4 is 21.1 Å². The third-order valence-electron chi connectivity index (χ3n) is 3.97. The van der Waals surface area contributed by atoms with Crippen molar-refractivity contribution in [3.8, 4) is 5.75 Å². The largest absolute Gasteiger partial charge is 0.423 e. The van der Waals surface area contributed by atoms with E-state index in [4.69, 9.17) is 21.3 Å². The quantitative estimate of drug-likeness (QED) is 0.211. The highest BCUT2D eigenvalue weighted by Crippen LogP contribution is 2.23. The lowest BCUT2D eigenvalue weighted by Crippen LogP contribution is -2.25. The number of fused-ring (bicyclic) bond motifs is 1. The summed E-state index contributed by atoms with van der Waals surface area (Å²) in [6.07, 6.45) is 0. The van der Waals surface area contributed by atoms with Gasteiger partial charge in [0.15, 0.2) is 5.96 Å². The van der Waals surface area contributed by atoms with Crippen LogP contribution in [-0.2, 0) is 0 Å². The molecule has 136 valence electrons. The maximum Gasteiger partial charge on any atom is 0.343 e. The van der Waals surface area contributed by atoms with Crippen LogP contribution in [0.4, 0.5) is 5.69 Å². The first-order chi connectivity index (χ1) is 13.0. The molecule has 3 aromatic rings. The number of ether oxygens (including phenoxy) is 1. The number of anilines is 1. The van der Waals surface area contributed by atoms with Gasteiger partial charge in [0, 0.05) is 18.3 Å². The highest BCUT2D eigenvalue weighted by Gasteiger charge is 2.10. The van der Waals surface area contributed by atoms with E-state index in [2.05, 4.69) is 10.6 Å². The van der Waals surface area contributed by atoms with Crippen molar-refractivity contribution in [3.05, 3.63) is 71.8 Å². The molecule has 7 heteroatoms. The van der Waals surface area contributed by atoms with E-state index in [0.29, 0.717) is 22.6 Å². The Hall–Kier alpha value is -3.87. The Morgan fingerprint density at radius 3 is 2.22 bits per heavy atom. The van der Waals surface area contributed by atoms with E-state index in [1.54, 1.807) is 49.5 Å². The molecule has 0 aromatic heterocycles. The van der Waals surface area contributed by atoms with Gasteiger partial charge >= 0.3 is 5.97 Å². The number of hydrogen-bond donors (Lipinski definition) is 5. The molecule has 6 N–H and O–H groups in total. The molecule has 3 rings (SSSR count). The van der Waals surface area contributed by atoms with Crippen LogP contribution in [0.5, 0.6) is 5.75 Å². The first-order valence-electron chi connectivity index (χ1n) is 8.20. The van der Waals surface area contributed by atoms with E-state index in [1.165, 1.54) is 0 Å². The lowest BCUT2D eigenvalue weighted by Gasteiger charge is -2.09. The van der Waals surface area contributed by atoms with Crippen molar-refractivity contribution < 1.29 is 9.53 Å². The topological polar surface area (TPSA) is 124 Å². The molecule has 0 saturated heterocycles. The smallest absolute Gasteiger partial charge is 0.343 e. The van der Waals surface area contributed by atoms with Gasteiger partial charge in [-0.15, -0.1) is 0 Å². The second-order valence-corrected chi connectivity index (χ2v) is 5.85. The summed E-state index contributed by atoms with van der Waals surface area (Å²) in [7, 11) is 1.64. The van der Waals surface area contributed by atoms with Crippen LogP contribution in [0, 0.1) is 10.8 Å². The summed E-state index contributed by atoms with van der Waals surface area (Å²) in [6, 6.07) is 17.4. The molecule has 27 heavy (non-hydrogen) atoms. The summed E-state index contributed by atoms with van der Waals surface area (Å²) in [5.74, 6) is 0.136. The van der Waals surface area contributed by atoms with Crippen molar-refractivity contribution in [1.82, 2.24) is 5.32 Å². The monoisotopic (exact) mass is 361 g/mol. The van der Waals surface area contributed by atoms with Gasteiger partial charge in [-0.1, -0.05) is 18.2 Å². The van der Waals surface area contributed by atoms with Crippen molar-refractivity contribution in [2.24, 2.45) is 5.73 Å². The zero-order valence-corrected chi connectivity index (χ0v) is 14.7. The Morgan fingerprint density at radius 2 is 1.56 bits per heavy atom. The van der Waals surface area contributed by atoms with Crippen molar-refractivity contribution in [3.63, 3.8) is 0 Å². The molecule has 0 heterocycles. The van der Waals surface area contributed by atoms with E-state index in [-0.39, 0.29) is 11.8 Å². The van der Waals surface area contributed by atoms with Gasteiger partial charge in [-0.25, -0.2) is 4.79 Å². The van der Waals surface area contributed by atoms with E-state index in [9.17, 15) is 4.79 Å². The van der Waals surface area contributed by atoms with Crippen LogP contribution in [0.2, 0.25) is 0 Å². The normalized spacial score (nSPS) is 10.3. The van der Waals surface area contributed by atoms with Crippen molar-refractivity contribution in [2.75, 3.05) is 12.4 Å². The van der Waals surface area contributed by atoms with Crippen LogP contribution in [0.1, 0.15) is 15.9 Å². The van der Waals surface area contributed by atoms with E-state index in [0.717, 1.165) is 10.8 Å². The van der Waals surface area contributed by atoms with Crippen LogP contribution >= 0.6 is 0 Å². The number of amidine groups is 1. The van der Waals surface area contributed by atoms with Gasteiger partial charge in [0.05, 0.1) is 5.56 Å². The lowest BCUT2D eigenvalue weighted by atomic mass is 10.1. The molecule has 0 saturated carbocycles. The number of benzene rings is 3. The summed E-state index contributed by atoms with van der Waals surface area (Å²) < 4.78 is 5.45. The predicted octanol–water partition coefficient (Wildman–Crippen LogP) is 2.91. The van der Waals surface area contributed by atoms with Gasteiger partial charge in [-0.05, 0) is 53.2 Å². The van der Waals surface area contributed by atoms with Gasteiger partial charge in [0.25, 0.3) is 0 Å². The number of nitrogens with two attached hydrogens (primary N) is 1. The molecule has 0 fully saturated rings. The fourth-order valence-corrected chi connectivity index (χ4v) is 2.52. The number of hydrogen-bond acceptors (Lipinski definition) is 4. The Morgan fingerprint density at radius 1 is 0.926 bits per heavy atom. The Labute approximate surface area is 156 Å². The third-order valence-corrected chi connectivity index (χ3v) is 3.97. The number of rotatable bonds is 4. The Bertz CT molecular complexity index is 1030. The van der Waals surface area contributed by atoms with Crippen LogP contribution in [0.25, 0.3) is 10.8 Å². The average molecular weight is 361 g/mol. The fraction of sp³-hybridized carbons (Fsp3) is 0.0500. The van der Waals surface area contributed by atoms with Crippen molar-refractivity contribution in [1.29, 1.82) is 10.8 Å². The standard InChI is InChI=1S/C20H19N5O2/c1-24-20(23)25-16-7-4-12(5-8-16)19(26)27-17-9-6-13-10-15(18(21)22)3-2-14(13)11-17/h2-11H,1H3,(H3,21,22)(H3,23,24,25). The predicted molar refractivity (Wildman–Crippen MR) is 107 cm³/mol. The molecular weight excluding hydrogens is 342 g/mol. The second-order valence-electron chi connectivity index (χ2n) is 5.85. The van der Waals surface area contributed by atoms with E-state index in [1.807, 2.05) is 18.2 Å². The highest BCUT2D eigenvalue weighted by atomic mass is 16.5. The number of esters is 1. The van der Waals surface area contributed by atoms with Gasteiger partial charge in [0.2, 0.25) is 0 Å². The molecular formula is C20H19N5O2. The zero-order chi connectivity index (χ0) is 19.4. The minimum atomic E-state index is -0.468. The average Bonchev–Trinajstić information content (AvgIpc) is 2.67. The fourth-order valence-electron chi connectivity index (χ4n) is 2.52. The van der Waals surface area contributed by atoms with Gasteiger partial charge < -0.3 is 21.1 Å². The van der Waals surface area contributed by atoms with Crippen molar-refractivity contribution in [2.45, 2.75) is 0 Å². The van der Waals surface area contributed by atoms with Gasteiger partial charge in [-0.2, -0.15) is 0 Å². The second kappa shape index (κ2) is 7.57. The molecule has 0 amide bonds. The molecule has 0 spiro atoms. The molecule has 0 aliphatic rings. The number of carbonyl (C=O) groups is 1. The summed E-state index contributed by atoms with van der Waals surface area (Å²) in [5.41, 5.74) is 7.25. The summed E-state index contributed by atoms with van der Waals surface area (Å²) in [5, 5.41) is 22.3. The number of nitrogen functional groups attached to an aromatic ring is 1. The number of guanidine groups is 1. The molecule has 0 unspecified atom stereocenters. The van der Waals surface area contributed by atoms with E-state index >= 15 is 0 Å². The maximum absolute atomic E-state index is 12.3. The minimum Gasteiger partial charge on any atom is -0.423 e. The zero-order valence-electron chi connectivity index (χ0n) is 14.7. The van der Waals surface area contributed by atoms with Crippen LogP contribution in [-0.4, -0.2) is 24.8 Å². The molecule has 7 nitrogen and oxygen atoms in total. The van der Waals surface area contributed by atoms with Gasteiger partial charge in [0.1, 0.15) is 11.6 Å². The SMILES string of the molecule is CNC(=N)Nc1ccc(C(=O)Oc2ccc3cc(C(=N)N)ccc3c2)cc1. The van der Waals surface area contributed by atoms with Crippen molar-refractivity contribution >= 4 is 34.2 Å². The molecule has 3 aromatic carbocycles. The minimum absolute atomic E-state index is 0.00944. The molecule has 0 aliphatic heterocycles. The Balaban J connectivity index is 1.74. The van der Waals surface area contributed by atoms with E-state index < -0.39 is 5.97 Å². The first kappa shape index (κ1) is 17.9. The van der Waals surface area contributed by atoms with Gasteiger partial charge in [-0.3, -0.25) is 10.8 Å². The number of carbonyl (C=O) groups excluding carboxylic acids is 1. The summed E-state index contributed by atoms with van der Waals surface area (Å²) in [6.45, 7) is 0. The lowest BCUT2D eigenvalue weighted by molar-refractivity contribution is 0.0735. The summed E-state index contributed by atoms with van der Waals surface area (Å²) in [4.78, 5) is 12.3. The number of nitrogens with one attached hydrogen (secondary N) is 4. The van der Waals surface area contributed by atoms with Crippen LogP contribution in [0.3, 0.4) is 0 Å². The highest BCUT2D eigenvalue weighted by molar-refractivity contribution is 5.99. The molecule has 0 radical (unpaired) electrons. The Kier molecular flexibility index (Phi) is 5.03. The molecule has 0 aliphatic carbocycles. The maximum atomic E-state index is 12.3. The third kappa shape index (κ3) is 4.21. The molecule has 0 bridgehead atoms. The molecule has 0 atom stereocenters. The first-order valence-corrected chi connectivity index (χ1v) is 8.20.